The van der Waals surface area contributed by atoms with E-state index in [2.05, 4.69) is 58.7 Å². The molecular weight excluding hydrogens is 300 g/mol. The van der Waals surface area contributed by atoms with E-state index >= 15 is 0 Å². The first-order chi connectivity index (χ1) is 11.8. The standard InChI is InChI=1S/C20H21N2O2/c1-15-3-7-17(8-4-15)22-13-19(21-11-12-24-14-20(21)22)16-5-9-18(23-2)10-6-16/h3-10,13H,11-12,14H2,1-2H3/q+1. The van der Waals surface area contributed by atoms with Gasteiger partial charge in [0.2, 0.25) is 0 Å². The van der Waals surface area contributed by atoms with Crippen molar-refractivity contribution < 1.29 is 14.0 Å². The number of hydrogen-bond acceptors (Lipinski definition) is 2. The SMILES string of the molecule is COc1ccc(-c2cn(-c3ccc(C)cc3)c3[n+]2CCOC3)cc1. The lowest BCUT2D eigenvalue weighted by atomic mass is 10.1. The van der Waals surface area contributed by atoms with Crippen LogP contribution in [0, 0.1) is 6.92 Å². The van der Waals surface area contributed by atoms with Gasteiger partial charge in [0.05, 0.1) is 13.7 Å². The third-order valence-corrected chi connectivity index (χ3v) is 4.52. The number of aryl methyl sites for hydroxylation is 1. The molecule has 1 aliphatic rings. The van der Waals surface area contributed by atoms with E-state index in [9.17, 15) is 0 Å². The Kier molecular flexibility index (Phi) is 3.82. The fourth-order valence-corrected chi connectivity index (χ4v) is 3.17. The van der Waals surface area contributed by atoms with Crippen LogP contribution in [-0.4, -0.2) is 18.3 Å². The van der Waals surface area contributed by atoms with Crippen LogP contribution in [-0.2, 0) is 17.9 Å². The van der Waals surface area contributed by atoms with Gasteiger partial charge in [-0.1, -0.05) is 17.7 Å². The lowest BCUT2D eigenvalue weighted by Crippen LogP contribution is -2.45. The monoisotopic (exact) mass is 321 g/mol. The Morgan fingerprint density at radius 1 is 1.04 bits per heavy atom. The zero-order chi connectivity index (χ0) is 16.5. The topological polar surface area (TPSA) is 27.3 Å². The first-order valence-corrected chi connectivity index (χ1v) is 8.19. The van der Waals surface area contributed by atoms with Crippen LogP contribution in [0.5, 0.6) is 5.75 Å². The molecule has 0 spiro atoms. The van der Waals surface area contributed by atoms with E-state index in [1.807, 2.05) is 12.1 Å². The van der Waals surface area contributed by atoms with Crippen LogP contribution in [0.3, 0.4) is 0 Å². The van der Waals surface area contributed by atoms with Crippen molar-refractivity contribution in [3.8, 4) is 22.7 Å². The lowest BCUT2D eigenvalue weighted by Gasteiger charge is -2.12. The van der Waals surface area contributed by atoms with Gasteiger partial charge in [-0.25, -0.2) is 4.57 Å². The Labute approximate surface area is 141 Å². The van der Waals surface area contributed by atoms with Gasteiger partial charge in [0.1, 0.15) is 30.8 Å². The molecule has 4 heteroatoms. The fourth-order valence-electron chi connectivity index (χ4n) is 3.17. The van der Waals surface area contributed by atoms with Gasteiger partial charge < -0.3 is 9.47 Å². The van der Waals surface area contributed by atoms with Gasteiger partial charge in [0.15, 0.2) is 5.69 Å². The second-order valence-electron chi connectivity index (χ2n) is 6.07. The van der Waals surface area contributed by atoms with Gasteiger partial charge in [-0.15, -0.1) is 0 Å². The zero-order valence-electron chi connectivity index (χ0n) is 14.0. The number of aromatic nitrogens is 2. The van der Waals surface area contributed by atoms with Gasteiger partial charge in [0.25, 0.3) is 5.82 Å². The van der Waals surface area contributed by atoms with Crippen LogP contribution in [0.25, 0.3) is 16.9 Å². The predicted octanol–water partition coefficient (Wildman–Crippen LogP) is 3.28. The zero-order valence-corrected chi connectivity index (χ0v) is 14.0. The van der Waals surface area contributed by atoms with Gasteiger partial charge >= 0.3 is 0 Å². The van der Waals surface area contributed by atoms with E-state index in [0.29, 0.717) is 6.61 Å². The maximum absolute atomic E-state index is 5.71. The highest BCUT2D eigenvalue weighted by Gasteiger charge is 2.28. The van der Waals surface area contributed by atoms with Gasteiger partial charge in [0, 0.05) is 5.56 Å². The minimum absolute atomic E-state index is 0.629. The van der Waals surface area contributed by atoms with Crippen LogP contribution in [0.15, 0.2) is 54.7 Å². The molecule has 0 atom stereocenters. The average molecular weight is 321 g/mol. The maximum Gasteiger partial charge on any atom is 0.288 e. The summed E-state index contributed by atoms with van der Waals surface area (Å²) in [5, 5.41) is 0. The summed E-state index contributed by atoms with van der Waals surface area (Å²) in [5.74, 6) is 2.05. The summed E-state index contributed by atoms with van der Waals surface area (Å²) in [7, 11) is 1.69. The number of benzene rings is 2. The fraction of sp³-hybridized carbons (Fsp3) is 0.250. The first kappa shape index (κ1) is 15.0. The Morgan fingerprint density at radius 3 is 2.50 bits per heavy atom. The number of rotatable bonds is 3. The number of nitrogens with zero attached hydrogens (tertiary/aromatic N) is 2. The van der Waals surface area contributed by atoms with Crippen molar-refractivity contribution in [1.82, 2.24) is 4.57 Å². The lowest BCUT2D eigenvalue weighted by molar-refractivity contribution is -0.706. The van der Waals surface area contributed by atoms with Gasteiger partial charge in [-0.3, -0.25) is 0 Å². The Balaban J connectivity index is 1.84. The molecule has 0 radical (unpaired) electrons. The van der Waals surface area contributed by atoms with E-state index in [0.717, 1.165) is 24.6 Å². The number of imidazole rings is 1. The minimum Gasteiger partial charge on any atom is -0.497 e. The number of methoxy groups -OCH3 is 1. The molecule has 2 aromatic carbocycles. The van der Waals surface area contributed by atoms with Crippen molar-refractivity contribution in [3.05, 3.63) is 66.1 Å². The molecule has 0 saturated heterocycles. The summed E-state index contributed by atoms with van der Waals surface area (Å²) >= 11 is 0. The summed E-state index contributed by atoms with van der Waals surface area (Å²) in [4.78, 5) is 0. The van der Waals surface area contributed by atoms with Crippen molar-refractivity contribution in [2.75, 3.05) is 13.7 Å². The molecule has 0 saturated carbocycles. The Bertz CT molecular complexity index is 849. The molecule has 24 heavy (non-hydrogen) atoms. The van der Waals surface area contributed by atoms with Crippen molar-refractivity contribution >= 4 is 0 Å². The van der Waals surface area contributed by atoms with E-state index in [1.54, 1.807) is 7.11 Å². The molecule has 0 aliphatic carbocycles. The van der Waals surface area contributed by atoms with Gasteiger partial charge in [-0.05, 0) is 43.3 Å². The van der Waals surface area contributed by atoms with Gasteiger partial charge in [-0.2, -0.15) is 4.57 Å². The van der Waals surface area contributed by atoms with Crippen molar-refractivity contribution in [1.29, 1.82) is 0 Å². The number of ether oxygens (including phenoxy) is 2. The molecule has 4 rings (SSSR count). The summed E-state index contributed by atoms with van der Waals surface area (Å²) < 4.78 is 15.6. The second kappa shape index (κ2) is 6.13. The molecule has 0 fully saturated rings. The third-order valence-electron chi connectivity index (χ3n) is 4.52. The molecule has 0 amide bonds. The van der Waals surface area contributed by atoms with Crippen molar-refractivity contribution in [2.45, 2.75) is 20.1 Å². The van der Waals surface area contributed by atoms with E-state index < -0.39 is 0 Å². The molecule has 122 valence electrons. The number of fused-ring (bicyclic) bond motifs is 1. The Hall–Kier alpha value is -2.59. The van der Waals surface area contributed by atoms with E-state index in [1.165, 1.54) is 22.6 Å². The minimum atomic E-state index is 0.629. The van der Waals surface area contributed by atoms with Crippen molar-refractivity contribution in [3.63, 3.8) is 0 Å². The summed E-state index contributed by atoms with van der Waals surface area (Å²) in [6.07, 6.45) is 2.20. The largest absolute Gasteiger partial charge is 0.497 e. The van der Waals surface area contributed by atoms with Crippen LogP contribution in [0.2, 0.25) is 0 Å². The normalized spacial score (nSPS) is 13.6. The molecule has 1 aromatic heterocycles. The quantitative estimate of drug-likeness (QED) is 0.692. The average Bonchev–Trinajstić information content (AvgIpc) is 3.02. The maximum atomic E-state index is 5.71. The highest BCUT2D eigenvalue weighted by molar-refractivity contribution is 5.57. The molecule has 3 aromatic rings. The Morgan fingerprint density at radius 2 is 1.79 bits per heavy atom. The molecule has 0 unspecified atom stereocenters. The number of hydrogen-bond donors (Lipinski definition) is 0. The highest BCUT2D eigenvalue weighted by Crippen LogP contribution is 2.24. The molecule has 2 heterocycles. The van der Waals surface area contributed by atoms with Crippen LogP contribution in [0.4, 0.5) is 0 Å². The van der Waals surface area contributed by atoms with Crippen LogP contribution < -0.4 is 9.30 Å². The molecule has 1 aliphatic heterocycles. The predicted molar refractivity (Wildman–Crippen MR) is 92.3 cm³/mol. The summed E-state index contributed by atoms with van der Waals surface area (Å²) in [6, 6.07) is 16.8. The van der Waals surface area contributed by atoms with E-state index in [-0.39, 0.29) is 0 Å². The van der Waals surface area contributed by atoms with Crippen LogP contribution in [0.1, 0.15) is 11.4 Å². The first-order valence-electron chi connectivity index (χ1n) is 8.19. The van der Waals surface area contributed by atoms with Crippen molar-refractivity contribution in [2.24, 2.45) is 0 Å². The summed E-state index contributed by atoms with van der Waals surface area (Å²) in [6.45, 7) is 4.36. The smallest absolute Gasteiger partial charge is 0.288 e. The highest BCUT2D eigenvalue weighted by atomic mass is 16.5. The molecule has 0 N–H and O–H groups in total. The molecular formula is C20H21N2O2+. The second-order valence-corrected chi connectivity index (χ2v) is 6.07. The molecule has 4 nitrogen and oxygen atoms in total. The molecule has 0 bridgehead atoms. The summed E-state index contributed by atoms with van der Waals surface area (Å²) in [5.41, 5.74) is 4.81. The third kappa shape index (κ3) is 2.59. The van der Waals surface area contributed by atoms with E-state index in [4.69, 9.17) is 9.47 Å². The van der Waals surface area contributed by atoms with Crippen LogP contribution >= 0.6 is 0 Å².